The van der Waals surface area contributed by atoms with Gasteiger partial charge in [-0.15, -0.1) is 0 Å². The zero-order valence-corrected chi connectivity index (χ0v) is 16.1. The van der Waals surface area contributed by atoms with Crippen LogP contribution in [0.1, 0.15) is 31.1 Å². The molecule has 8 heteroatoms. The Morgan fingerprint density at radius 3 is 2.39 bits per heavy atom. The van der Waals surface area contributed by atoms with E-state index in [1.165, 1.54) is 6.20 Å². The molecular formula is C20H25N3O5. The van der Waals surface area contributed by atoms with Crippen molar-refractivity contribution < 1.29 is 24.5 Å². The molecule has 8 nitrogen and oxygen atoms in total. The Hall–Kier alpha value is -3.13. The lowest BCUT2D eigenvalue weighted by molar-refractivity contribution is -0.142. The van der Waals surface area contributed by atoms with Crippen molar-refractivity contribution in [3.05, 3.63) is 59.8 Å². The Labute approximate surface area is 163 Å². The van der Waals surface area contributed by atoms with Crippen molar-refractivity contribution in [3.63, 3.8) is 0 Å². The fraction of sp³-hybridized carbons (Fsp3) is 0.350. The molecule has 0 radical (unpaired) electrons. The number of alkyl carbamates (subject to hydrolysis) is 1. The molecule has 2 aromatic rings. The minimum Gasteiger partial charge on any atom is -0.480 e. The second-order valence-corrected chi connectivity index (χ2v) is 6.62. The maximum absolute atomic E-state index is 12.0. The van der Waals surface area contributed by atoms with Gasteiger partial charge in [-0.25, -0.2) is 14.6 Å². The van der Waals surface area contributed by atoms with Crippen LogP contribution in [-0.2, 0) is 16.1 Å². The Morgan fingerprint density at radius 1 is 1.18 bits per heavy atom. The van der Waals surface area contributed by atoms with E-state index in [4.69, 9.17) is 4.74 Å². The smallest absolute Gasteiger partial charge is 0.408 e. The molecule has 1 aromatic carbocycles. The van der Waals surface area contributed by atoms with Gasteiger partial charge in [0.2, 0.25) is 0 Å². The summed E-state index contributed by atoms with van der Waals surface area (Å²) in [5, 5.41) is 22.0. The molecule has 2 rings (SSSR count). The lowest BCUT2D eigenvalue weighted by atomic mass is 10.0. The molecule has 0 aliphatic heterocycles. The zero-order valence-electron chi connectivity index (χ0n) is 16.1. The lowest BCUT2D eigenvalue weighted by Gasteiger charge is -2.24. The average Bonchev–Trinajstić information content (AvgIpc) is 2.70. The first-order chi connectivity index (χ1) is 13.3. The van der Waals surface area contributed by atoms with E-state index in [1.807, 2.05) is 31.9 Å². The standard InChI is InChI=1S/C20H25N3O5/c1-13(2)23(3)16-10-9-15(11-21-16)18(24)17(19(25)26)22-20(27)28-12-14-7-5-4-6-8-14/h4-11,13,17-18,24H,12H2,1-3H3,(H,22,27)(H,25,26)/t17-,18+/m1/s1. The first-order valence-electron chi connectivity index (χ1n) is 8.86. The number of ether oxygens (including phenoxy) is 1. The summed E-state index contributed by atoms with van der Waals surface area (Å²) in [6, 6.07) is 10.9. The predicted molar refractivity (Wildman–Crippen MR) is 104 cm³/mol. The third-order valence-electron chi connectivity index (χ3n) is 4.32. The number of carbonyl (C=O) groups is 2. The van der Waals surface area contributed by atoms with Gasteiger partial charge in [0.25, 0.3) is 0 Å². The SMILES string of the molecule is CC(C)N(C)c1ccc([C@H](O)[C@@H](NC(=O)OCc2ccccc2)C(=O)O)cn1. The Bertz CT molecular complexity index is 780. The molecule has 1 aromatic heterocycles. The first-order valence-corrected chi connectivity index (χ1v) is 8.86. The molecule has 0 aliphatic carbocycles. The monoisotopic (exact) mass is 387 g/mol. The van der Waals surface area contributed by atoms with E-state index < -0.39 is 24.2 Å². The van der Waals surface area contributed by atoms with Crippen molar-refractivity contribution >= 4 is 17.9 Å². The molecular weight excluding hydrogens is 362 g/mol. The van der Waals surface area contributed by atoms with Gasteiger partial charge in [-0.3, -0.25) is 0 Å². The van der Waals surface area contributed by atoms with E-state index >= 15 is 0 Å². The summed E-state index contributed by atoms with van der Waals surface area (Å²) < 4.78 is 5.02. The minimum atomic E-state index is -1.57. The molecule has 1 amide bonds. The number of aliphatic hydroxyl groups is 1. The number of amides is 1. The number of aromatic nitrogens is 1. The van der Waals surface area contributed by atoms with Gasteiger partial charge < -0.3 is 25.2 Å². The van der Waals surface area contributed by atoms with Gasteiger partial charge in [-0.2, -0.15) is 0 Å². The number of aliphatic hydroxyl groups excluding tert-OH is 1. The van der Waals surface area contributed by atoms with Gasteiger partial charge in [0.1, 0.15) is 18.5 Å². The number of hydrogen-bond donors (Lipinski definition) is 3. The number of carbonyl (C=O) groups excluding carboxylic acids is 1. The van der Waals surface area contributed by atoms with E-state index in [0.717, 1.165) is 5.56 Å². The number of pyridine rings is 1. The van der Waals surface area contributed by atoms with Crippen LogP contribution in [-0.4, -0.2) is 46.4 Å². The zero-order chi connectivity index (χ0) is 20.7. The third kappa shape index (κ3) is 5.68. The highest BCUT2D eigenvalue weighted by atomic mass is 16.5. The van der Waals surface area contributed by atoms with Crippen LogP contribution < -0.4 is 10.2 Å². The van der Waals surface area contributed by atoms with Crippen LogP contribution >= 0.6 is 0 Å². The maximum Gasteiger partial charge on any atom is 0.408 e. The van der Waals surface area contributed by atoms with Crippen LogP contribution in [0.3, 0.4) is 0 Å². The number of aliphatic carboxylic acids is 1. The van der Waals surface area contributed by atoms with Crippen molar-refractivity contribution in [2.24, 2.45) is 0 Å². The largest absolute Gasteiger partial charge is 0.480 e. The molecule has 0 saturated carbocycles. The molecule has 0 bridgehead atoms. The van der Waals surface area contributed by atoms with Crippen molar-refractivity contribution in [1.29, 1.82) is 0 Å². The molecule has 2 atom stereocenters. The molecule has 0 saturated heterocycles. The van der Waals surface area contributed by atoms with E-state index in [0.29, 0.717) is 5.82 Å². The second-order valence-electron chi connectivity index (χ2n) is 6.62. The fourth-order valence-electron chi connectivity index (χ4n) is 2.41. The van der Waals surface area contributed by atoms with Crippen LogP contribution in [0.5, 0.6) is 0 Å². The van der Waals surface area contributed by atoms with Crippen LogP contribution in [0.15, 0.2) is 48.7 Å². The van der Waals surface area contributed by atoms with Crippen LogP contribution in [0.25, 0.3) is 0 Å². The van der Waals surface area contributed by atoms with Crippen molar-refractivity contribution in [2.75, 3.05) is 11.9 Å². The number of anilines is 1. The minimum absolute atomic E-state index is 0.00705. The van der Waals surface area contributed by atoms with Gasteiger partial charge in [0.05, 0.1) is 0 Å². The number of nitrogens with zero attached hydrogens (tertiary/aromatic N) is 2. The molecule has 0 fully saturated rings. The summed E-state index contributed by atoms with van der Waals surface area (Å²) in [5.41, 5.74) is 1.04. The normalized spacial score (nSPS) is 12.9. The quantitative estimate of drug-likeness (QED) is 0.637. The molecule has 0 spiro atoms. The number of hydrogen-bond acceptors (Lipinski definition) is 6. The first kappa shape index (κ1) is 21.2. The topological polar surface area (TPSA) is 112 Å². The van der Waals surface area contributed by atoms with Crippen molar-refractivity contribution in [1.82, 2.24) is 10.3 Å². The van der Waals surface area contributed by atoms with Gasteiger partial charge >= 0.3 is 12.1 Å². The van der Waals surface area contributed by atoms with Crippen LogP contribution in [0.4, 0.5) is 10.6 Å². The number of benzene rings is 1. The third-order valence-corrected chi connectivity index (χ3v) is 4.32. The van der Waals surface area contributed by atoms with E-state index in [9.17, 15) is 19.8 Å². The summed E-state index contributed by atoms with van der Waals surface area (Å²) in [5.74, 6) is -0.694. The lowest BCUT2D eigenvalue weighted by Crippen LogP contribution is -2.45. The molecule has 28 heavy (non-hydrogen) atoms. The van der Waals surface area contributed by atoms with Crippen molar-refractivity contribution in [3.8, 4) is 0 Å². The number of rotatable bonds is 8. The fourth-order valence-corrected chi connectivity index (χ4v) is 2.41. The van der Waals surface area contributed by atoms with Gasteiger partial charge in [-0.1, -0.05) is 36.4 Å². The van der Waals surface area contributed by atoms with E-state index in [1.54, 1.807) is 36.4 Å². The summed E-state index contributed by atoms with van der Waals surface area (Å²) in [6.45, 7) is 4.01. The molecule has 0 aliphatic rings. The van der Waals surface area contributed by atoms with Crippen LogP contribution in [0.2, 0.25) is 0 Å². The summed E-state index contributed by atoms with van der Waals surface area (Å²) >= 11 is 0. The number of nitrogens with one attached hydrogen (secondary N) is 1. The summed E-state index contributed by atoms with van der Waals surface area (Å²) in [7, 11) is 1.88. The average molecular weight is 387 g/mol. The maximum atomic E-state index is 12.0. The van der Waals surface area contributed by atoms with Gasteiger partial charge in [0, 0.05) is 24.8 Å². The highest BCUT2D eigenvalue weighted by Gasteiger charge is 2.30. The molecule has 0 unspecified atom stereocenters. The van der Waals surface area contributed by atoms with Crippen LogP contribution in [0, 0.1) is 0 Å². The Morgan fingerprint density at radius 2 is 1.86 bits per heavy atom. The van der Waals surface area contributed by atoms with Gasteiger partial charge in [-0.05, 0) is 25.5 Å². The summed E-state index contributed by atoms with van der Waals surface area (Å²) in [4.78, 5) is 29.7. The Balaban J connectivity index is 2.02. The summed E-state index contributed by atoms with van der Waals surface area (Å²) in [6.07, 6.45) is -1.02. The molecule has 1 heterocycles. The van der Waals surface area contributed by atoms with E-state index in [2.05, 4.69) is 10.3 Å². The van der Waals surface area contributed by atoms with E-state index in [-0.39, 0.29) is 18.2 Å². The Kier molecular flexibility index (Phi) is 7.34. The van der Waals surface area contributed by atoms with Crippen molar-refractivity contribution in [2.45, 2.75) is 38.6 Å². The predicted octanol–water partition coefficient (Wildman–Crippen LogP) is 2.34. The molecule has 3 N–H and O–H groups in total. The highest BCUT2D eigenvalue weighted by molar-refractivity contribution is 5.80. The number of carboxylic acid groups (broad SMARTS) is 1. The van der Waals surface area contributed by atoms with Gasteiger partial charge in [0.15, 0.2) is 6.04 Å². The highest BCUT2D eigenvalue weighted by Crippen LogP contribution is 2.20. The number of carboxylic acids is 1. The molecule has 150 valence electrons. The second kappa shape index (κ2) is 9.70.